The molecule has 4 nitrogen and oxygen atoms in total. The molecule has 1 aliphatic rings. The Hall–Kier alpha value is -0.400. The van der Waals surface area contributed by atoms with Crippen molar-refractivity contribution in [2.45, 2.75) is 45.1 Å². The van der Waals surface area contributed by atoms with E-state index in [1.807, 2.05) is 26.8 Å². The number of hydrogen-bond acceptors (Lipinski definition) is 4. The molecule has 0 saturated carbocycles. The Balaban J connectivity index is 1.91. The van der Waals surface area contributed by atoms with Gasteiger partial charge in [-0.25, -0.2) is 9.78 Å². The van der Waals surface area contributed by atoms with Gasteiger partial charge in [0, 0.05) is 24.4 Å². The first-order valence-corrected chi connectivity index (χ1v) is 9.67. The molecule has 0 spiro atoms. The number of thiazole rings is 1. The Morgan fingerprint density at radius 2 is 2.05 bits per heavy atom. The zero-order valence-electron chi connectivity index (χ0n) is 12.9. The van der Waals surface area contributed by atoms with Gasteiger partial charge in [-0.2, -0.15) is 0 Å². The third-order valence-corrected chi connectivity index (χ3v) is 4.78. The van der Waals surface area contributed by atoms with Crippen molar-refractivity contribution in [3.63, 3.8) is 0 Å². The first-order chi connectivity index (χ1) is 10.2. The molecule has 1 saturated heterocycles. The number of rotatable bonds is 2. The lowest BCUT2D eigenvalue weighted by atomic mass is 9.98. The monoisotopic (exact) mass is 450 g/mol. The summed E-state index contributed by atoms with van der Waals surface area (Å²) >= 11 is 8.38. The normalized spacial score (nSPS) is 16.5. The van der Waals surface area contributed by atoms with Crippen LogP contribution in [0.25, 0.3) is 6.08 Å². The number of halogens is 2. The number of amides is 1. The fourth-order valence-corrected chi connectivity index (χ4v) is 3.72. The van der Waals surface area contributed by atoms with Gasteiger partial charge in [0.2, 0.25) is 0 Å². The van der Waals surface area contributed by atoms with E-state index < -0.39 is 5.60 Å². The topological polar surface area (TPSA) is 42.4 Å². The average molecular weight is 452 g/mol. The maximum atomic E-state index is 12.1. The fourth-order valence-electron chi connectivity index (χ4n) is 2.30. The van der Waals surface area contributed by atoms with Crippen LogP contribution in [-0.2, 0) is 4.74 Å². The molecule has 0 aliphatic carbocycles. The van der Waals surface area contributed by atoms with Crippen molar-refractivity contribution in [3.8, 4) is 0 Å². The maximum absolute atomic E-state index is 12.1. The third kappa shape index (κ3) is 5.35. The molecule has 2 rings (SSSR count). The summed E-state index contributed by atoms with van der Waals surface area (Å²) in [6.07, 6.45) is 3.60. The van der Waals surface area contributed by atoms with Crippen LogP contribution in [0, 0.1) is 0 Å². The van der Waals surface area contributed by atoms with Crippen LogP contribution in [0.15, 0.2) is 8.77 Å². The summed E-state index contributed by atoms with van der Waals surface area (Å²) in [5, 5.41) is 3.20. The zero-order valence-corrected chi connectivity index (χ0v) is 16.9. The number of carbonyl (C=O) groups excluding carboxylic acids is 1. The lowest BCUT2D eigenvalue weighted by molar-refractivity contribution is 0.0205. The second kappa shape index (κ2) is 7.45. The van der Waals surface area contributed by atoms with Crippen LogP contribution in [0.1, 0.15) is 50.2 Å². The van der Waals surface area contributed by atoms with E-state index in [0.29, 0.717) is 5.92 Å². The minimum atomic E-state index is -0.437. The van der Waals surface area contributed by atoms with Crippen LogP contribution in [0.3, 0.4) is 0 Å². The number of ether oxygens (including phenoxy) is 1. The molecule has 0 radical (unpaired) electrons. The largest absolute Gasteiger partial charge is 0.444 e. The highest BCUT2D eigenvalue weighted by Crippen LogP contribution is 2.31. The molecular formula is C15H20Br2N2O2S. The van der Waals surface area contributed by atoms with E-state index in [9.17, 15) is 4.79 Å². The van der Waals surface area contributed by atoms with Gasteiger partial charge in [0.15, 0.2) is 0 Å². The van der Waals surface area contributed by atoms with Crippen LogP contribution in [-0.4, -0.2) is 34.7 Å². The Morgan fingerprint density at radius 3 is 2.59 bits per heavy atom. The molecule has 1 aromatic rings. The lowest BCUT2D eigenvalue weighted by Crippen LogP contribution is -2.41. The van der Waals surface area contributed by atoms with Crippen molar-refractivity contribution in [2.24, 2.45) is 0 Å². The standard InChI is InChI=1S/C15H20Br2N2O2S/c1-15(2,3)21-14(20)19-6-4-10(5-7-19)13-18-11(9-22-13)8-12(16)17/h8-10H,4-7H2,1-3H3. The smallest absolute Gasteiger partial charge is 0.410 e. The molecule has 2 heterocycles. The molecule has 7 heteroatoms. The summed E-state index contributed by atoms with van der Waals surface area (Å²) in [4.78, 5) is 18.5. The average Bonchev–Trinajstić information content (AvgIpc) is 2.84. The van der Waals surface area contributed by atoms with Crippen molar-refractivity contribution in [1.29, 1.82) is 0 Å². The molecule has 0 aromatic carbocycles. The Kier molecular flexibility index (Phi) is 6.07. The maximum Gasteiger partial charge on any atom is 0.410 e. The minimum absolute atomic E-state index is 0.211. The SMILES string of the molecule is CC(C)(C)OC(=O)N1CCC(c2nc(C=C(Br)Br)cs2)CC1. The van der Waals surface area contributed by atoms with Crippen molar-refractivity contribution in [2.75, 3.05) is 13.1 Å². The molecule has 0 bridgehead atoms. The summed E-state index contributed by atoms with van der Waals surface area (Å²) in [6, 6.07) is 0. The van der Waals surface area contributed by atoms with E-state index in [-0.39, 0.29) is 6.09 Å². The molecule has 1 aliphatic heterocycles. The predicted molar refractivity (Wildman–Crippen MR) is 97.7 cm³/mol. The lowest BCUT2D eigenvalue weighted by Gasteiger charge is -2.32. The first-order valence-electron chi connectivity index (χ1n) is 7.20. The molecule has 1 fully saturated rings. The van der Waals surface area contributed by atoms with Crippen molar-refractivity contribution in [1.82, 2.24) is 9.88 Å². The van der Waals surface area contributed by atoms with Crippen LogP contribution < -0.4 is 0 Å². The summed E-state index contributed by atoms with van der Waals surface area (Å²) in [5.41, 5.74) is 0.520. The second-order valence-electron chi connectivity index (χ2n) is 6.29. The van der Waals surface area contributed by atoms with E-state index in [1.54, 1.807) is 16.2 Å². The van der Waals surface area contributed by atoms with Crippen LogP contribution >= 0.6 is 43.2 Å². The van der Waals surface area contributed by atoms with E-state index in [1.165, 1.54) is 0 Å². The van der Waals surface area contributed by atoms with Gasteiger partial charge in [-0.3, -0.25) is 0 Å². The molecule has 0 atom stereocenters. The van der Waals surface area contributed by atoms with Gasteiger partial charge in [-0.15, -0.1) is 11.3 Å². The van der Waals surface area contributed by atoms with E-state index in [2.05, 4.69) is 42.2 Å². The predicted octanol–water partition coefficient (Wildman–Crippen LogP) is 5.35. The quantitative estimate of drug-likeness (QED) is 0.608. The molecule has 0 N–H and O–H groups in total. The number of likely N-dealkylation sites (tertiary alicyclic amines) is 1. The number of carbonyl (C=O) groups is 1. The van der Waals surface area contributed by atoms with Crippen molar-refractivity contribution in [3.05, 3.63) is 19.5 Å². The van der Waals surface area contributed by atoms with Crippen LogP contribution in [0.2, 0.25) is 0 Å². The summed E-state index contributed by atoms with van der Waals surface area (Å²) in [5.74, 6) is 0.430. The van der Waals surface area contributed by atoms with Gasteiger partial charge in [-0.1, -0.05) is 0 Å². The molecule has 1 amide bonds. The fraction of sp³-hybridized carbons (Fsp3) is 0.600. The number of nitrogens with zero attached hydrogens (tertiary/aromatic N) is 2. The molecule has 22 heavy (non-hydrogen) atoms. The van der Waals surface area contributed by atoms with Gasteiger partial charge in [-0.05, 0) is 71.5 Å². The number of piperidine rings is 1. The van der Waals surface area contributed by atoms with Gasteiger partial charge in [0.25, 0.3) is 0 Å². The molecule has 0 unspecified atom stereocenters. The van der Waals surface area contributed by atoms with Crippen molar-refractivity contribution >= 4 is 55.4 Å². The summed E-state index contributed by atoms with van der Waals surface area (Å²) in [7, 11) is 0. The van der Waals surface area contributed by atoms with Gasteiger partial charge < -0.3 is 9.64 Å². The molecule has 122 valence electrons. The van der Waals surface area contributed by atoms with Crippen molar-refractivity contribution < 1.29 is 9.53 Å². The van der Waals surface area contributed by atoms with Gasteiger partial charge in [0.05, 0.1) is 14.1 Å². The van der Waals surface area contributed by atoms with E-state index in [0.717, 1.165) is 40.0 Å². The second-order valence-corrected chi connectivity index (χ2v) is 9.95. The highest BCUT2D eigenvalue weighted by Gasteiger charge is 2.28. The molecule has 1 aromatic heterocycles. The van der Waals surface area contributed by atoms with Crippen LogP contribution in [0.4, 0.5) is 4.79 Å². The van der Waals surface area contributed by atoms with E-state index >= 15 is 0 Å². The first kappa shape index (κ1) is 17.9. The summed E-state index contributed by atoms with van der Waals surface area (Å²) < 4.78 is 6.31. The zero-order chi connectivity index (χ0) is 16.3. The Morgan fingerprint density at radius 1 is 1.41 bits per heavy atom. The number of hydrogen-bond donors (Lipinski definition) is 0. The Bertz CT molecular complexity index is 554. The molecular weight excluding hydrogens is 432 g/mol. The minimum Gasteiger partial charge on any atom is -0.444 e. The highest BCUT2D eigenvalue weighted by molar-refractivity contribution is 9.28. The van der Waals surface area contributed by atoms with Gasteiger partial charge >= 0.3 is 6.09 Å². The Labute approximate surface area is 152 Å². The van der Waals surface area contributed by atoms with E-state index in [4.69, 9.17) is 4.74 Å². The highest BCUT2D eigenvalue weighted by atomic mass is 79.9. The third-order valence-electron chi connectivity index (χ3n) is 3.29. The summed E-state index contributed by atoms with van der Waals surface area (Å²) in [6.45, 7) is 7.14. The van der Waals surface area contributed by atoms with Gasteiger partial charge in [0.1, 0.15) is 5.60 Å². The van der Waals surface area contributed by atoms with Crippen LogP contribution in [0.5, 0.6) is 0 Å². The number of aromatic nitrogens is 1.